The van der Waals surface area contributed by atoms with Crippen molar-refractivity contribution in [3.8, 4) is 0 Å². The number of aromatic nitrogens is 7. The largest absolute Gasteiger partial charge is 0.391 e. The van der Waals surface area contributed by atoms with E-state index in [2.05, 4.69) is 48.0 Å². The Bertz CT molecular complexity index is 2550. The van der Waals surface area contributed by atoms with Crippen LogP contribution in [0.5, 0.6) is 0 Å². The van der Waals surface area contributed by atoms with Gasteiger partial charge in [0, 0.05) is 45.0 Å². The second kappa shape index (κ2) is 17.9. The molecule has 4 fully saturated rings. The van der Waals surface area contributed by atoms with Crippen LogP contribution in [0.15, 0.2) is 47.7 Å². The smallest absolute Gasteiger partial charge is 0.329 e. The summed E-state index contributed by atoms with van der Waals surface area (Å²) in [5.74, 6) is -0.412. The van der Waals surface area contributed by atoms with Crippen LogP contribution in [0.4, 0.5) is 20.3 Å². The second-order valence-corrected chi connectivity index (χ2v) is 18.0. The van der Waals surface area contributed by atoms with Crippen molar-refractivity contribution in [3.05, 3.63) is 70.2 Å². The first-order chi connectivity index (χ1) is 30.4. The fourth-order valence-electron chi connectivity index (χ4n) is 10.4. The van der Waals surface area contributed by atoms with Crippen molar-refractivity contribution in [2.24, 2.45) is 13.0 Å². The van der Waals surface area contributed by atoms with Gasteiger partial charge in [-0.1, -0.05) is 25.0 Å². The molecule has 5 aromatic rings. The zero-order chi connectivity index (χ0) is 43.9. The van der Waals surface area contributed by atoms with Crippen molar-refractivity contribution in [2.45, 2.75) is 120 Å². The first-order valence-corrected chi connectivity index (χ1v) is 22.3. The summed E-state index contributed by atoms with van der Waals surface area (Å²) >= 11 is 0. The maximum absolute atomic E-state index is 14.3. The van der Waals surface area contributed by atoms with Crippen LogP contribution in [-0.4, -0.2) is 111 Å². The molecule has 2 aliphatic heterocycles. The number of imide groups is 1. The van der Waals surface area contributed by atoms with Gasteiger partial charge in [0.15, 0.2) is 11.3 Å². The number of halogens is 2. The fourth-order valence-corrected chi connectivity index (χ4v) is 10.4. The van der Waals surface area contributed by atoms with Crippen molar-refractivity contribution in [1.82, 2.24) is 48.6 Å². The zero-order valence-corrected chi connectivity index (χ0v) is 35.8. The summed E-state index contributed by atoms with van der Waals surface area (Å²) in [6, 6.07) is 7.06. The molecule has 0 radical (unpaired) electrons. The normalized spacial score (nSPS) is 24.1. The maximum atomic E-state index is 14.3. The van der Waals surface area contributed by atoms with Crippen LogP contribution in [0, 0.1) is 5.92 Å². The number of fused-ring (bicyclic) bond motifs is 2. The molecule has 1 aromatic carbocycles. The van der Waals surface area contributed by atoms with E-state index in [-0.39, 0.29) is 47.0 Å². The van der Waals surface area contributed by atoms with Crippen LogP contribution in [-0.2, 0) is 23.2 Å². The van der Waals surface area contributed by atoms with Crippen molar-refractivity contribution in [3.63, 3.8) is 0 Å². The average molecular weight is 871 g/mol. The molecule has 2 saturated carbocycles. The first kappa shape index (κ1) is 42.8. The van der Waals surface area contributed by atoms with Gasteiger partial charge >= 0.3 is 5.69 Å². The Morgan fingerprint density at radius 3 is 2.54 bits per heavy atom. The predicted octanol–water partition coefficient (Wildman–Crippen LogP) is 4.79. The van der Waals surface area contributed by atoms with E-state index in [0.717, 1.165) is 88.5 Å². The Morgan fingerprint density at radius 2 is 1.79 bits per heavy atom. The highest BCUT2D eigenvalue weighted by atomic mass is 19.3. The lowest BCUT2D eigenvalue weighted by Crippen LogP contribution is -2.44. The van der Waals surface area contributed by atoms with Gasteiger partial charge in [-0.25, -0.2) is 23.1 Å². The van der Waals surface area contributed by atoms with Gasteiger partial charge in [-0.3, -0.25) is 38.4 Å². The third-order valence-corrected chi connectivity index (χ3v) is 13.9. The van der Waals surface area contributed by atoms with Gasteiger partial charge in [0.05, 0.1) is 41.1 Å². The Hall–Kier alpha value is -5.53. The molecule has 4 N–H and O–H groups in total. The van der Waals surface area contributed by atoms with Gasteiger partial charge in [-0.15, -0.1) is 0 Å². The van der Waals surface area contributed by atoms with Gasteiger partial charge in [0.2, 0.25) is 11.8 Å². The monoisotopic (exact) mass is 870 g/mol. The molecule has 0 spiro atoms. The van der Waals surface area contributed by atoms with E-state index in [1.165, 1.54) is 21.5 Å². The highest BCUT2D eigenvalue weighted by molar-refractivity contribution is 6.08. The van der Waals surface area contributed by atoms with Crippen LogP contribution in [0.25, 0.3) is 16.7 Å². The van der Waals surface area contributed by atoms with Crippen LogP contribution >= 0.6 is 0 Å². The third-order valence-electron chi connectivity index (χ3n) is 13.9. The van der Waals surface area contributed by atoms with Crippen LogP contribution in [0.2, 0.25) is 0 Å². The van der Waals surface area contributed by atoms with Gasteiger partial charge in [0.25, 0.3) is 12.3 Å². The molecule has 2 saturated heterocycles. The lowest BCUT2D eigenvalue weighted by molar-refractivity contribution is -0.135. The summed E-state index contributed by atoms with van der Waals surface area (Å²) in [6.07, 6.45) is 10.6. The molecule has 9 rings (SSSR count). The number of likely N-dealkylation sites (tertiary alicyclic amines) is 1. The molecular formula is C44H56F2N12O5. The third kappa shape index (κ3) is 8.74. The van der Waals surface area contributed by atoms with Gasteiger partial charge in [-0.2, -0.15) is 10.2 Å². The lowest BCUT2D eigenvalue weighted by Gasteiger charge is -2.39. The number of nitrogens with zero attached hydrogens (tertiary/aromatic N) is 9. The molecular weight excluding hydrogens is 815 g/mol. The van der Waals surface area contributed by atoms with Crippen molar-refractivity contribution < 1.29 is 28.3 Å². The number of imidazole rings is 1. The number of hydrogen-bond donors (Lipinski definition) is 4. The lowest BCUT2D eigenvalue weighted by atomic mass is 9.85. The van der Waals surface area contributed by atoms with E-state index in [1.807, 2.05) is 18.2 Å². The molecule has 17 nitrogen and oxygen atoms in total. The van der Waals surface area contributed by atoms with E-state index in [0.29, 0.717) is 42.7 Å². The van der Waals surface area contributed by atoms with Crippen molar-refractivity contribution in [1.29, 1.82) is 0 Å². The summed E-state index contributed by atoms with van der Waals surface area (Å²) in [6.45, 7) is 3.44. The Labute approximate surface area is 362 Å². The number of amides is 3. The zero-order valence-electron chi connectivity index (χ0n) is 35.8. The number of para-hydroxylation sites is 1. The number of hydrogen-bond acceptors (Lipinski definition) is 11. The number of alkyl halides is 2. The minimum absolute atomic E-state index is 0.0338. The van der Waals surface area contributed by atoms with Gasteiger partial charge < -0.3 is 20.6 Å². The van der Waals surface area contributed by atoms with E-state index in [4.69, 9.17) is 0 Å². The molecule has 0 bridgehead atoms. The number of aryl methyl sites for hydroxylation is 1. The number of piperidine rings is 2. The molecule has 6 heterocycles. The highest BCUT2D eigenvalue weighted by Crippen LogP contribution is 2.36. The van der Waals surface area contributed by atoms with Crippen molar-refractivity contribution >= 4 is 45.9 Å². The fraction of sp³-hybridized carbons (Fsp3) is 0.568. The molecule has 2 aliphatic carbocycles. The molecule has 3 atom stereocenters. The quantitative estimate of drug-likeness (QED) is 0.126. The summed E-state index contributed by atoms with van der Waals surface area (Å²) in [5, 5.41) is 27.3. The SMILES string of the molecule is CN(CC1CCC(n2cc(NC(=O)c3cnn4ccc(N[C@@H]5CCCC[C@@H]5O)nc34)c(C(F)F)n2)CC1)C1CCN(Cc2cccc3c2n(C)c(=O)n3C2CCC(=O)NC2=O)CC1. The first-order valence-electron chi connectivity index (χ1n) is 22.3. The number of rotatable bonds is 12. The minimum Gasteiger partial charge on any atom is -0.391 e. The summed E-state index contributed by atoms with van der Waals surface area (Å²) in [4.78, 5) is 60.9. The highest BCUT2D eigenvalue weighted by Gasteiger charge is 2.33. The van der Waals surface area contributed by atoms with E-state index >= 15 is 0 Å². The van der Waals surface area contributed by atoms with Crippen LogP contribution in [0.3, 0.4) is 0 Å². The Morgan fingerprint density at radius 1 is 1.02 bits per heavy atom. The minimum atomic E-state index is -2.88. The number of carbonyl (C=O) groups excluding carboxylic acids is 3. The molecule has 336 valence electrons. The number of anilines is 2. The van der Waals surface area contributed by atoms with E-state index < -0.39 is 36.1 Å². The van der Waals surface area contributed by atoms with Gasteiger partial charge in [0.1, 0.15) is 17.4 Å². The maximum Gasteiger partial charge on any atom is 0.329 e. The van der Waals surface area contributed by atoms with E-state index in [1.54, 1.807) is 28.6 Å². The molecule has 1 unspecified atom stereocenters. The summed E-state index contributed by atoms with van der Waals surface area (Å²) in [5.41, 5.74) is 2.17. The Kier molecular flexibility index (Phi) is 12.2. The summed E-state index contributed by atoms with van der Waals surface area (Å²) < 4.78 is 34.9. The number of nitrogens with one attached hydrogen (secondary N) is 3. The van der Waals surface area contributed by atoms with Crippen molar-refractivity contribution in [2.75, 3.05) is 37.3 Å². The molecule has 4 aliphatic rings. The molecule has 19 heteroatoms. The standard InChI is InChI=1S/C44H56F2N12O5/c1-53(28-16-19-55(20-17-28)24-27-6-5-8-33-39(27)54(2)44(63)58(33)34-14-15-37(60)51-43(34)62)23-26-10-12-29(13-11-26)57-25-32(38(52-57)40(45)46)49-42(61)30-22-47-56-21-18-36(50-41(30)56)48-31-7-3-4-9-35(31)59/h5-6,8,18,21-22,25-26,28-29,31,34-35,40,59H,3-4,7,9-17,19-20,23-24H2,1-2H3,(H,48,50)(H,49,61)(H,51,60,62)/t26?,29?,31-,34?,35+/m1/s1. The predicted molar refractivity (Wildman–Crippen MR) is 231 cm³/mol. The molecule has 3 amide bonds. The van der Waals surface area contributed by atoms with Crippen LogP contribution < -0.4 is 21.6 Å². The summed E-state index contributed by atoms with van der Waals surface area (Å²) in [7, 11) is 3.93. The average Bonchev–Trinajstić information content (AvgIpc) is 3.96. The number of aliphatic hydroxyl groups is 1. The van der Waals surface area contributed by atoms with Crippen LogP contribution in [0.1, 0.15) is 117 Å². The number of aliphatic hydroxyl groups excluding tert-OH is 1. The van der Waals surface area contributed by atoms with Gasteiger partial charge in [-0.05, 0) is 102 Å². The molecule has 4 aromatic heterocycles. The number of carbonyl (C=O) groups is 3. The number of benzene rings is 1. The second-order valence-electron chi connectivity index (χ2n) is 18.0. The van der Waals surface area contributed by atoms with E-state index in [9.17, 15) is 33.1 Å². The topological polar surface area (TPSA) is 189 Å². The Balaban J connectivity index is 0.776. The molecule has 63 heavy (non-hydrogen) atoms.